The summed E-state index contributed by atoms with van der Waals surface area (Å²) in [7, 11) is 0. The van der Waals surface area contributed by atoms with Gasteiger partial charge in [-0.05, 0) is 25.7 Å². The number of likely N-dealkylation sites (tertiary alicyclic amines) is 1. The lowest BCUT2D eigenvalue weighted by molar-refractivity contribution is 0.00715. The summed E-state index contributed by atoms with van der Waals surface area (Å²) in [6, 6.07) is 1.02. The highest BCUT2D eigenvalue weighted by atomic mass is 32.1. The van der Waals surface area contributed by atoms with Crippen LogP contribution in [0.4, 0.5) is 0 Å². The normalized spacial score (nSPS) is 27.7. The van der Waals surface area contributed by atoms with Crippen LogP contribution in [0.25, 0.3) is 0 Å². The van der Waals surface area contributed by atoms with Gasteiger partial charge in [-0.15, -0.1) is 11.3 Å². The molecule has 1 saturated heterocycles. The standard InChI is InChI=1S/C18H31N3OS/c1-13(2)18-20-12-15(23-18)11-19-14-7-9-21(10-8-14)16-5-3-4-6-17(16)22/h12-14,16-17,19,22H,3-11H2,1-2H3. The molecule has 1 aliphatic heterocycles. The third-order valence-corrected chi connectivity index (χ3v) is 6.62. The van der Waals surface area contributed by atoms with Gasteiger partial charge in [-0.1, -0.05) is 26.7 Å². The van der Waals surface area contributed by atoms with Crippen LogP contribution >= 0.6 is 11.3 Å². The van der Waals surface area contributed by atoms with Gasteiger partial charge < -0.3 is 10.4 Å². The molecule has 0 radical (unpaired) electrons. The molecule has 0 bridgehead atoms. The van der Waals surface area contributed by atoms with Crippen LogP contribution in [0.15, 0.2) is 6.20 Å². The lowest BCUT2D eigenvalue weighted by atomic mass is 9.89. The number of rotatable bonds is 5. The number of nitrogens with zero attached hydrogens (tertiary/aromatic N) is 2. The number of aliphatic hydroxyl groups is 1. The van der Waals surface area contributed by atoms with E-state index in [4.69, 9.17) is 0 Å². The molecule has 1 aliphatic carbocycles. The van der Waals surface area contributed by atoms with Crippen LogP contribution in [0.5, 0.6) is 0 Å². The number of hydrogen-bond donors (Lipinski definition) is 2. The first-order chi connectivity index (χ1) is 11.1. The Hall–Kier alpha value is -0.490. The average molecular weight is 338 g/mol. The van der Waals surface area contributed by atoms with Crippen molar-refractivity contribution in [1.82, 2.24) is 15.2 Å². The summed E-state index contributed by atoms with van der Waals surface area (Å²) in [5.74, 6) is 0.527. The summed E-state index contributed by atoms with van der Waals surface area (Å²) in [4.78, 5) is 8.38. The molecule has 1 aromatic heterocycles. The summed E-state index contributed by atoms with van der Waals surface area (Å²) in [6.07, 6.45) is 8.97. The fourth-order valence-corrected chi connectivity index (χ4v) is 4.74. The first kappa shape index (κ1) is 17.3. The maximum atomic E-state index is 10.2. The molecular weight excluding hydrogens is 306 g/mol. The highest BCUT2D eigenvalue weighted by Crippen LogP contribution is 2.26. The number of nitrogens with one attached hydrogen (secondary N) is 1. The van der Waals surface area contributed by atoms with E-state index in [0.717, 1.165) is 26.1 Å². The Morgan fingerprint density at radius 3 is 2.65 bits per heavy atom. The minimum atomic E-state index is -0.0973. The van der Waals surface area contributed by atoms with Crippen LogP contribution in [0.3, 0.4) is 0 Å². The second kappa shape index (κ2) is 8.06. The van der Waals surface area contributed by atoms with Gasteiger partial charge in [-0.25, -0.2) is 4.98 Å². The topological polar surface area (TPSA) is 48.4 Å². The predicted octanol–water partition coefficient (Wildman–Crippen LogP) is 3.12. The lowest BCUT2D eigenvalue weighted by Crippen LogP contribution is -2.51. The Morgan fingerprint density at radius 2 is 2.00 bits per heavy atom. The molecule has 5 heteroatoms. The Bertz CT molecular complexity index is 482. The fourth-order valence-electron chi connectivity index (χ4n) is 3.87. The lowest BCUT2D eigenvalue weighted by Gasteiger charge is -2.41. The van der Waals surface area contributed by atoms with Gasteiger partial charge in [0.2, 0.25) is 0 Å². The minimum Gasteiger partial charge on any atom is -0.391 e. The molecule has 130 valence electrons. The first-order valence-corrected chi connectivity index (χ1v) is 10.0. The summed E-state index contributed by atoms with van der Waals surface area (Å²) >= 11 is 1.84. The van der Waals surface area contributed by atoms with Gasteiger partial charge in [0, 0.05) is 48.7 Å². The maximum Gasteiger partial charge on any atom is 0.0953 e. The zero-order valence-electron chi connectivity index (χ0n) is 14.5. The molecule has 1 aromatic rings. The van der Waals surface area contributed by atoms with Gasteiger partial charge >= 0.3 is 0 Å². The smallest absolute Gasteiger partial charge is 0.0953 e. The summed E-state index contributed by atoms with van der Waals surface area (Å²) < 4.78 is 0. The van der Waals surface area contributed by atoms with E-state index in [-0.39, 0.29) is 6.10 Å². The van der Waals surface area contributed by atoms with Gasteiger partial charge in [-0.3, -0.25) is 4.90 Å². The van der Waals surface area contributed by atoms with Crippen molar-refractivity contribution in [1.29, 1.82) is 0 Å². The number of aromatic nitrogens is 1. The van der Waals surface area contributed by atoms with Gasteiger partial charge in [0.1, 0.15) is 0 Å². The van der Waals surface area contributed by atoms with Crippen molar-refractivity contribution in [3.8, 4) is 0 Å². The van der Waals surface area contributed by atoms with Crippen molar-refractivity contribution in [3.63, 3.8) is 0 Å². The van der Waals surface area contributed by atoms with Crippen molar-refractivity contribution in [2.45, 2.75) is 83.0 Å². The van der Waals surface area contributed by atoms with Crippen molar-refractivity contribution in [2.24, 2.45) is 0 Å². The molecular formula is C18H31N3OS. The second-order valence-corrected chi connectivity index (χ2v) is 8.58. The van der Waals surface area contributed by atoms with Gasteiger partial charge in [0.25, 0.3) is 0 Å². The molecule has 0 amide bonds. The third kappa shape index (κ3) is 4.53. The maximum absolute atomic E-state index is 10.2. The fraction of sp³-hybridized carbons (Fsp3) is 0.833. The third-order valence-electron chi connectivity index (χ3n) is 5.32. The largest absolute Gasteiger partial charge is 0.391 e. The summed E-state index contributed by atoms with van der Waals surface area (Å²) in [6.45, 7) is 7.59. The molecule has 0 spiro atoms. The molecule has 2 heterocycles. The van der Waals surface area contributed by atoms with Crippen molar-refractivity contribution < 1.29 is 5.11 Å². The molecule has 3 rings (SSSR count). The zero-order chi connectivity index (χ0) is 16.2. The van der Waals surface area contributed by atoms with Crippen LogP contribution < -0.4 is 5.32 Å². The predicted molar refractivity (Wildman–Crippen MR) is 95.9 cm³/mol. The van der Waals surface area contributed by atoms with E-state index < -0.39 is 0 Å². The van der Waals surface area contributed by atoms with Crippen molar-refractivity contribution >= 4 is 11.3 Å². The Kier molecular flexibility index (Phi) is 6.07. The summed E-state index contributed by atoms with van der Waals surface area (Å²) in [5, 5.41) is 15.2. The highest BCUT2D eigenvalue weighted by Gasteiger charge is 2.31. The van der Waals surface area contributed by atoms with Crippen LogP contribution in [0.1, 0.15) is 68.2 Å². The van der Waals surface area contributed by atoms with Gasteiger partial charge in [0.05, 0.1) is 11.1 Å². The van der Waals surface area contributed by atoms with E-state index in [1.807, 2.05) is 17.5 Å². The zero-order valence-corrected chi connectivity index (χ0v) is 15.3. The molecule has 1 saturated carbocycles. The molecule has 2 atom stereocenters. The van der Waals surface area contributed by atoms with Crippen LogP contribution in [0, 0.1) is 0 Å². The molecule has 23 heavy (non-hydrogen) atoms. The molecule has 2 aliphatic rings. The number of piperidine rings is 1. The van der Waals surface area contributed by atoms with E-state index in [1.54, 1.807) is 0 Å². The summed E-state index contributed by atoms with van der Waals surface area (Å²) in [5.41, 5.74) is 0. The molecule has 0 aromatic carbocycles. The molecule has 2 unspecified atom stereocenters. The molecule has 4 nitrogen and oxygen atoms in total. The SMILES string of the molecule is CC(C)c1ncc(CNC2CCN(C3CCCCC3O)CC2)s1. The van der Waals surface area contributed by atoms with Crippen LogP contribution in [-0.2, 0) is 6.54 Å². The minimum absolute atomic E-state index is 0.0973. The monoisotopic (exact) mass is 337 g/mol. The number of hydrogen-bond acceptors (Lipinski definition) is 5. The number of thiazole rings is 1. The van der Waals surface area contributed by atoms with Crippen LogP contribution in [0.2, 0.25) is 0 Å². The van der Waals surface area contributed by atoms with Gasteiger partial charge in [-0.2, -0.15) is 0 Å². The van der Waals surface area contributed by atoms with Gasteiger partial charge in [0.15, 0.2) is 0 Å². The Morgan fingerprint density at radius 1 is 1.26 bits per heavy atom. The van der Waals surface area contributed by atoms with Crippen molar-refractivity contribution in [3.05, 3.63) is 16.1 Å². The number of aliphatic hydroxyl groups excluding tert-OH is 1. The Balaban J connectivity index is 1.42. The molecule has 2 N–H and O–H groups in total. The van der Waals surface area contributed by atoms with E-state index in [1.165, 1.54) is 42.0 Å². The molecule has 2 fully saturated rings. The average Bonchev–Trinajstić information content (AvgIpc) is 3.03. The first-order valence-electron chi connectivity index (χ1n) is 9.23. The second-order valence-electron chi connectivity index (χ2n) is 7.43. The Labute approximate surface area is 144 Å². The van der Waals surface area contributed by atoms with E-state index >= 15 is 0 Å². The van der Waals surface area contributed by atoms with E-state index in [0.29, 0.717) is 18.0 Å². The van der Waals surface area contributed by atoms with Crippen molar-refractivity contribution in [2.75, 3.05) is 13.1 Å². The van der Waals surface area contributed by atoms with E-state index in [2.05, 4.69) is 29.0 Å². The van der Waals surface area contributed by atoms with E-state index in [9.17, 15) is 5.11 Å². The quantitative estimate of drug-likeness (QED) is 0.867. The van der Waals surface area contributed by atoms with Crippen LogP contribution in [-0.4, -0.2) is 46.3 Å². The highest BCUT2D eigenvalue weighted by molar-refractivity contribution is 7.11.